The number of imidazole rings is 1. The van der Waals surface area contributed by atoms with Crippen LogP contribution in [-0.4, -0.2) is 83.0 Å². The van der Waals surface area contributed by atoms with E-state index in [0.29, 0.717) is 36.8 Å². The number of carbonyl (C=O) groups is 3. The van der Waals surface area contributed by atoms with Crippen molar-refractivity contribution in [1.29, 1.82) is 0 Å². The van der Waals surface area contributed by atoms with E-state index in [2.05, 4.69) is 20.2 Å². The Morgan fingerprint density at radius 1 is 1.27 bits per heavy atom. The lowest BCUT2D eigenvalue weighted by Gasteiger charge is -2.21. The highest BCUT2D eigenvalue weighted by atomic mass is 16.5. The molecular weight excluding hydrogens is 390 g/mol. The maximum absolute atomic E-state index is 12.6. The maximum atomic E-state index is 12.6. The first-order chi connectivity index (χ1) is 14.5. The first-order valence-corrected chi connectivity index (χ1v) is 9.52. The van der Waals surface area contributed by atoms with E-state index in [-0.39, 0.29) is 24.8 Å². The zero-order valence-corrected chi connectivity index (χ0v) is 17.1. The Labute approximate surface area is 174 Å². The van der Waals surface area contributed by atoms with Crippen LogP contribution in [0.15, 0.2) is 30.6 Å². The number of amides is 2. The fraction of sp³-hybridized carbons (Fsp3) is 0.400. The summed E-state index contributed by atoms with van der Waals surface area (Å²) in [5, 5.41) is 9.78. The summed E-state index contributed by atoms with van der Waals surface area (Å²) >= 11 is 0. The summed E-state index contributed by atoms with van der Waals surface area (Å²) in [5.74, 6) is 0.476. The van der Waals surface area contributed by atoms with Crippen LogP contribution in [0.3, 0.4) is 0 Å². The number of aryl methyl sites for hydroxylation is 1. The molecule has 10 nitrogen and oxygen atoms in total. The fourth-order valence-electron chi connectivity index (χ4n) is 3.20. The van der Waals surface area contributed by atoms with Crippen molar-refractivity contribution in [2.45, 2.75) is 13.3 Å². The number of ether oxygens (including phenoxy) is 1. The van der Waals surface area contributed by atoms with Gasteiger partial charge in [-0.25, -0.2) is 4.98 Å². The van der Waals surface area contributed by atoms with Crippen LogP contribution >= 0.6 is 0 Å². The van der Waals surface area contributed by atoms with Gasteiger partial charge in [-0.3, -0.25) is 19.3 Å². The number of aromatic amines is 1. The van der Waals surface area contributed by atoms with Crippen LogP contribution in [0.4, 0.5) is 5.69 Å². The molecule has 0 radical (unpaired) electrons. The Morgan fingerprint density at radius 2 is 2.00 bits per heavy atom. The molecule has 10 heteroatoms. The molecule has 0 atom stereocenters. The topological polar surface area (TPSA) is 128 Å². The number of carboxylic acid groups (broad SMARTS) is 1. The number of rotatable bonds is 5. The third-order valence-corrected chi connectivity index (χ3v) is 4.66. The second-order valence-electron chi connectivity index (χ2n) is 6.65. The molecule has 0 aliphatic carbocycles. The van der Waals surface area contributed by atoms with Crippen molar-refractivity contribution in [2.75, 3.05) is 45.2 Å². The highest BCUT2D eigenvalue weighted by Crippen LogP contribution is 2.22. The highest BCUT2D eigenvalue weighted by Gasteiger charge is 2.23. The maximum Gasteiger partial charge on any atom is 0.290 e. The Kier molecular flexibility index (Phi) is 8.82. The summed E-state index contributed by atoms with van der Waals surface area (Å²) in [6.45, 7) is 4.52. The summed E-state index contributed by atoms with van der Waals surface area (Å²) in [5.41, 5.74) is 1.90. The minimum atomic E-state index is -0.250. The van der Waals surface area contributed by atoms with E-state index in [4.69, 9.17) is 14.6 Å². The first kappa shape index (κ1) is 22.9. The van der Waals surface area contributed by atoms with Crippen molar-refractivity contribution in [3.05, 3.63) is 42.0 Å². The van der Waals surface area contributed by atoms with E-state index in [1.165, 1.54) is 6.33 Å². The van der Waals surface area contributed by atoms with Crippen molar-refractivity contribution in [2.24, 2.45) is 0 Å². The standard InChI is InChI=1S/C19H25N5O3.CH2O2/c1-14-18(21-13-20-14)19(26)24-9-5-8-23(10-11-24)12-17(25)22-15-6-3-4-7-16(15)27-2;2-1-3/h3-4,6-7,13H,5,8-12H2,1-2H3,(H,20,21)(H,22,25);1H,(H,2,3). The molecule has 1 aliphatic rings. The molecule has 1 aromatic heterocycles. The van der Waals surface area contributed by atoms with E-state index in [1.54, 1.807) is 12.0 Å². The number of benzene rings is 1. The molecule has 0 saturated carbocycles. The fourth-order valence-corrected chi connectivity index (χ4v) is 3.20. The van der Waals surface area contributed by atoms with E-state index >= 15 is 0 Å². The number of hydrogen-bond acceptors (Lipinski definition) is 6. The van der Waals surface area contributed by atoms with E-state index in [0.717, 1.165) is 18.7 Å². The van der Waals surface area contributed by atoms with Crippen LogP contribution in [0.1, 0.15) is 22.6 Å². The van der Waals surface area contributed by atoms with Gasteiger partial charge in [0, 0.05) is 31.9 Å². The van der Waals surface area contributed by atoms with Crippen molar-refractivity contribution in [1.82, 2.24) is 19.8 Å². The quantitative estimate of drug-likeness (QED) is 0.624. The lowest BCUT2D eigenvalue weighted by molar-refractivity contribution is -0.123. The minimum absolute atomic E-state index is 0.0610. The highest BCUT2D eigenvalue weighted by molar-refractivity contribution is 5.94. The summed E-state index contributed by atoms with van der Waals surface area (Å²) < 4.78 is 5.26. The van der Waals surface area contributed by atoms with Gasteiger partial charge < -0.3 is 25.0 Å². The Bertz CT molecular complexity index is 854. The van der Waals surface area contributed by atoms with Gasteiger partial charge in [0.1, 0.15) is 11.4 Å². The van der Waals surface area contributed by atoms with Crippen LogP contribution in [-0.2, 0) is 9.59 Å². The molecule has 2 aromatic rings. The summed E-state index contributed by atoms with van der Waals surface area (Å²) in [6.07, 6.45) is 2.35. The normalized spacial score (nSPS) is 14.1. The first-order valence-electron chi connectivity index (χ1n) is 9.52. The van der Waals surface area contributed by atoms with Crippen molar-refractivity contribution < 1.29 is 24.2 Å². The lowest BCUT2D eigenvalue weighted by Crippen LogP contribution is -2.38. The van der Waals surface area contributed by atoms with Crippen LogP contribution in [0.25, 0.3) is 0 Å². The van der Waals surface area contributed by atoms with Gasteiger partial charge in [-0.2, -0.15) is 0 Å². The van der Waals surface area contributed by atoms with Crippen LogP contribution < -0.4 is 10.1 Å². The number of hydrogen-bond donors (Lipinski definition) is 3. The summed E-state index contributed by atoms with van der Waals surface area (Å²) in [7, 11) is 1.58. The number of aromatic nitrogens is 2. The van der Waals surface area contributed by atoms with Crippen molar-refractivity contribution in [3.8, 4) is 5.75 Å². The molecule has 1 fully saturated rings. The van der Waals surface area contributed by atoms with Gasteiger partial charge in [-0.1, -0.05) is 12.1 Å². The molecular formula is C20H27N5O5. The average molecular weight is 417 g/mol. The smallest absolute Gasteiger partial charge is 0.290 e. The van der Waals surface area contributed by atoms with Gasteiger partial charge in [-0.15, -0.1) is 0 Å². The molecule has 162 valence electrons. The van der Waals surface area contributed by atoms with E-state index < -0.39 is 0 Å². The zero-order chi connectivity index (χ0) is 21.9. The molecule has 0 bridgehead atoms. The molecule has 2 heterocycles. The SMILES string of the molecule is COc1ccccc1NC(=O)CN1CCCN(C(=O)c2nc[nH]c2C)CC1.O=CO. The second kappa shape index (κ2) is 11.6. The number of para-hydroxylation sites is 2. The van der Waals surface area contributed by atoms with Gasteiger partial charge >= 0.3 is 0 Å². The third kappa shape index (κ3) is 6.31. The van der Waals surface area contributed by atoms with Gasteiger partial charge in [0.15, 0.2) is 0 Å². The number of methoxy groups -OCH3 is 1. The Hall–Kier alpha value is -3.40. The van der Waals surface area contributed by atoms with Crippen molar-refractivity contribution in [3.63, 3.8) is 0 Å². The van der Waals surface area contributed by atoms with Crippen LogP contribution in [0, 0.1) is 6.92 Å². The number of carbonyl (C=O) groups excluding carboxylic acids is 2. The summed E-state index contributed by atoms with van der Waals surface area (Å²) in [6, 6.07) is 7.33. The second-order valence-corrected chi connectivity index (χ2v) is 6.65. The molecule has 2 amide bonds. The molecule has 3 rings (SSSR count). The van der Waals surface area contributed by atoms with Gasteiger partial charge in [0.2, 0.25) is 5.91 Å². The predicted molar refractivity (Wildman–Crippen MR) is 111 cm³/mol. The molecule has 3 N–H and O–H groups in total. The molecule has 1 aliphatic heterocycles. The van der Waals surface area contributed by atoms with Gasteiger partial charge in [-0.05, 0) is 25.5 Å². The zero-order valence-electron chi connectivity index (χ0n) is 17.1. The molecule has 1 aromatic carbocycles. The number of nitrogens with one attached hydrogen (secondary N) is 2. The molecule has 30 heavy (non-hydrogen) atoms. The number of anilines is 1. The van der Waals surface area contributed by atoms with Crippen molar-refractivity contribution >= 4 is 24.0 Å². The van der Waals surface area contributed by atoms with E-state index in [1.807, 2.05) is 31.2 Å². The molecule has 1 saturated heterocycles. The van der Waals surface area contributed by atoms with Crippen LogP contribution in [0.5, 0.6) is 5.75 Å². The predicted octanol–water partition coefficient (Wildman–Crippen LogP) is 1.21. The third-order valence-electron chi connectivity index (χ3n) is 4.66. The lowest BCUT2D eigenvalue weighted by atomic mass is 10.3. The average Bonchev–Trinajstić information content (AvgIpc) is 3.02. The summed E-state index contributed by atoms with van der Waals surface area (Å²) in [4.78, 5) is 44.3. The van der Waals surface area contributed by atoms with Gasteiger partial charge in [0.05, 0.1) is 25.7 Å². The number of nitrogens with zero attached hydrogens (tertiary/aromatic N) is 3. The van der Waals surface area contributed by atoms with Gasteiger partial charge in [0.25, 0.3) is 12.4 Å². The minimum Gasteiger partial charge on any atom is -0.495 e. The molecule has 0 unspecified atom stereocenters. The Morgan fingerprint density at radius 3 is 2.67 bits per heavy atom. The number of H-pyrrole nitrogens is 1. The monoisotopic (exact) mass is 417 g/mol. The Balaban J connectivity index is 0.00000101. The largest absolute Gasteiger partial charge is 0.495 e. The van der Waals surface area contributed by atoms with E-state index in [9.17, 15) is 9.59 Å². The molecule has 0 spiro atoms. The van der Waals surface area contributed by atoms with Crippen LogP contribution in [0.2, 0.25) is 0 Å².